The lowest BCUT2D eigenvalue weighted by atomic mass is 9.70. The molecule has 0 spiro atoms. The van der Waals surface area contributed by atoms with Crippen LogP contribution in [0.15, 0.2) is 24.3 Å². The van der Waals surface area contributed by atoms with E-state index in [1.807, 2.05) is 0 Å². The van der Waals surface area contributed by atoms with Gasteiger partial charge in [-0.1, -0.05) is 30.7 Å². The summed E-state index contributed by atoms with van der Waals surface area (Å²) in [6.45, 7) is 4.28. The van der Waals surface area contributed by atoms with Gasteiger partial charge in [-0.25, -0.2) is 0 Å². The summed E-state index contributed by atoms with van der Waals surface area (Å²) >= 11 is 0. The van der Waals surface area contributed by atoms with Crippen molar-refractivity contribution in [2.24, 2.45) is 17.8 Å². The predicted molar refractivity (Wildman–Crippen MR) is 84.1 cm³/mol. The van der Waals surface area contributed by atoms with Crippen molar-refractivity contribution >= 4 is 5.91 Å². The maximum Gasteiger partial charge on any atom is 0.225 e. The zero-order valence-electron chi connectivity index (χ0n) is 12.9. The first-order valence-corrected chi connectivity index (χ1v) is 8.58. The Morgan fingerprint density at radius 3 is 2.67 bits per heavy atom. The molecule has 4 rings (SSSR count). The number of rotatable bonds is 2. The van der Waals surface area contributed by atoms with Crippen molar-refractivity contribution in [3.63, 3.8) is 0 Å². The highest BCUT2D eigenvalue weighted by Gasteiger charge is 2.45. The molecule has 0 radical (unpaired) electrons. The number of hydrogen-bond acceptors (Lipinski definition) is 1. The largest absolute Gasteiger partial charge is 0.342 e. The molecule has 1 saturated heterocycles. The minimum absolute atomic E-state index is 0.377. The van der Waals surface area contributed by atoms with Gasteiger partial charge in [-0.2, -0.15) is 0 Å². The summed E-state index contributed by atoms with van der Waals surface area (Å²) in [5, 5.41) is 0. The van der Waals surface area contributed by atoms with Gasteiger partial charge in [0, 0.05) is 19.0 Å². The van der Waals surface area contributed by atoms with Crippen LogP contribution >= 0.6 is 0 Å². The van der Waals surface area contributed by atoms with E-state index in [-0.39, 0.29) is 0 Å². The average Bonchev–Trinajstić information content (AvgIpc) is 3.25. The first kappa shape index (κ1) is 13.4. The molecule has 0 N–H and O–H groups in total. The molecule has 2 heteroatoms. The number of fused-ring (bicyclic) bond motifs is 1. The monoisotopic (exact) mass is 283 g/mol. The zero-order valence-corrected chi connectivity index (χ0v) is 12.9. The zero-order chi connectivity index (χ0) is 14.4. The van der Waals surface area contributed by atoms with Gasteiger partial charge in [0.15, 0.2) is 0 Å². The van der Waals surface area contributed by atoms with Gasteiger partial charge < -0.3 is 4.90 Å². The fourth-order valence-corrected chi connectivity index (χ4v) is 4.63. The van der Waals surface area contributed by atoms with Crippen molar-refractivity contribution in [3.8, 4) is 0 Å². The number of nitrogens with zero attached hydrogens (tertiary/aromatic N) is 1. The summed E-state index contributed by atoms with van der Waals surface area (Å²) in [4.78, 5) is 14.6. The van der Waals surface area contributed by atoms with E-state index in [4.69, 9.17) is 0 Å². The number of carbonyl (C=O) groups excluding carboxylic acids is 1. The second-order valence-electron chi connectivity index (χ2n) is 7.34. The van der Waals surface area contributed by atoms with Crippen molar-refractivity contribution in [2.45, 2.75) is 44.9 Å². The molecule has 2 saturated carbocycles. The van der Waals surface area contributed by atoms with Crippen LogP contribution in [0.25, 0.3) is 0 Å². The molecule has 3 fully saturated rings. The highest BCUT2D eigenvalue weighted by molar-refractivity contribution is 5.81. The van der Waals surface area contributed by atoms with Crippen LogP contribution in [0.1, 0.15) is 49.1 Å². The molecule has 1 aliphatic heterocycles. The Morgan fingerprint density at radius 2 is 1.90 bits per heavy atom. The summed E-state index contributed by atoms with van der Waals surface area (Å²) in [5.74, 6) is 2.94. The predicted octanol–water partition coefficient (Wildman–Crippen LogP) is 3.75. The van der Waals surface area contributed by atoms with E-state index < -0.39 is 0 Å². The van der Waals surface area contributed by atoms with E-state index in [1.165, 1.54) is 30.4 Å². The molecule has 112 valence electrons. The Hall–Kier alpha value is -1.31. The minimum Gasteiger partial charge on any atom is -0.342 e. The fourth-order valence-electron chi connectivity index (χ4n) is 4.63. The molecule has 3 atom stereocenters. The van der Waals surface area contributed by atoms with Crippen LogP contribution in [0.5, 0.6) is 0 Å². The Labute approximate surface area is 127 Å². The maximum atomic E-state index is 12.4. The number of aryl methyl sites for hydroxylation is 1. The number of benzene rings is 1. The first-order valence-electron chi connectivity index (χ1n) is 8.58. The van der Waals surface area contributed by atoms with E-state index in [0.29, 0.717) is 23.7 Å². The summed E-state index contributed by atoms with van der Waals surface area (Å²) in [6, 6.07) is 8.86. The standard InChI is InChI=1S/C19H25NO/c1-13-5-2-3-7-16(13)17-8-4-6-15-11-20(12-18(15)17)19(21)14-9-10-14/h2-3,5,7,14-15,17-18H,4,6,8-12H2,1H3/t15?,17?,18-/m1/s1. The smallest absolute Gasteiger partial charge is 0.225 e. The SMILES string of the molecule is Cc1ccccc1C1CCCC2CN(C(=O)C3CC3)C[C@H]21. The number of carbonyl (C=O) groups is 1. The molecule has 1 amide bonds. The summed E-state index contributed by atoms with van der Waals surface area (Å²) in [5.41, 5.74) is 2.96. The quantitative estimate of drug-likeness (QED) is 0.809. The van der Waals surface area contributed by atoms with Gasteiger partial charge in [0.1, 0.15) is 0 Å². The fraction of sp³-hybridized carbons (Fsp3) is 0.632. The van der Waals surface area contributed by atoms with Crippen LogP contribution < -0.4 is 0 Å². The van der Waals surface area contributed by atoms with Gasteiger partial charge >= 0.3 is 0 Å². The van der Waals surface area contributed by atoms with Crippen LogP contribution in [0.2, 0.25) is 0 Å². The van der Waals surface area contributed by atoms with Crippen LogP contribution in [0.4, 0.5) is 0 Å². The lowest BCUT2D eigenvalue weighted by Crippen LogP contribution is -2.30. The average molecular weight is 283 g/mol. The number of likely N-dealkylation sites (tertiary alicyclic amines) is 1. The molecule has 2 aliphatic carbocycles. The third-order valence-corrected chi connectivity index (χ3v) is 5.92. The van der Waals surface area contributed by atoms with Crippen molar-refractivity contribution in [2.75, 3.05) is 13.1 Å². The maximum absolute atomic E-state index is 12.4. The summed E-state index contributed by atoms with van der Waals surface area (Å²) < 4.78 is 0. The Bertz CT molecular complexity index is 548. The highest BCUT2D eigenvalue weighted by Crippen LogP contribution is 2.47. The van der Waals surface area contributed by atoms with Gasteiger partial charge in [0.2, 0.25) is 5.91 Å². The van der Waals surface area contributed by atoms with Crippen molar-refractivity contribution in [1.82, 2.24) is 4.90 Å². The van der Waals surface area contributed by atoms with Gasteiger partial charge in [-0.3, -0.25) is 4.79 Å². The second-order valence-corrected chi connectivity index (χ2v) is 7.34. The van der Waals surface area contributed by atoms with Gasteiger partial charge in [-0.15, -0.1) is 0 Å². The third kappa shape index (κ3) is 2.39. The van der Waals surface area contributed by atoms with E-state index in [1.54, 1.807) is 0 Å². The Kier molecular flexibility index (Phi) is 3.28. The molecule has 0 aromatic heterocycles. The number of hydrogen-bond donors (Lipinski definition) is 0. The van der Waals surface area contributed by atoms with Crippen LogP contribution in [-0.4, -0.2) is 23.9 Å². The lowest BCUT2D eigenvalue weighted by Gasteiger charge is -2.34. The highest BCUT2D eigenvalue weighted by atomic mass is 16.2. The molecule has 1 aromatic carbocycles. The summed E-state index contributed by atoms with van der Waals surface area (Å²) in [7, 11) is 0. The molecule has 2 nitrogen and oxygen atoms in total. The molecule has 1 heterocycles. The number of amides is 1. The van der Waals surface area contributed by atoms with Crippen molar-refractivity contribution in [1.29, 1.82) is 0 Å². The van der Waals surface area contributed by atoms with Crippen molar-refractivity contribution < 1.29 is 4.79 Å². The minimum atomic E-state index is 0.377. The molecular formula is C19H25NO. The van der Waals surface area contributed by atoms with Gasteiger partial charge in [0.05, 0.1) is 0 Å². The Balaban J connectivity index is 1.56. The Morgan fingerprint density at radius 1 is 1.10 bits per heavy atom. The van der Waals surface area contributed by atoms with Crippen LogP contribution in [0.3, 0.4) is 0 Å². The molecule has 0 bridgehead atoms. The van der Waals surface area contributed by atoms with E-state index >= 15 is 0 Å². The molecule has 21 heavy (non-hydrogen) atoms. The van der Waals surface area contributed by atoms with Crippen molar-refractivity contribution in [3.05, 3.63) is 35.4 Å². The second kappa shape index (κ2) is 5.15. The van der Waals surface area contributed by atoms with Crippen LogP contribution in [0, 0.1) is 24.7 Å². The molecule has 1 aromatic rings. The third-order valence-electron chi connectivity index (χ3n) is 5.92. The van der Waals surface area contributed by atoms with Gasteiger partial charge in [-0.05, 0) is 61.5 Å². The molecule has 3 aliphatic rings. The van der Waals surface area contributed by atoms with E-state index in [9.17, 15) is 4.79 Å². The molecule has 2 unspecified atom stereocenters. The van der Waals surface area contributed by atoms with Crippen LogP contribution in [-0.2, 0) is 4.79 Å². The topological polar surface area (TPSA) is 20.3 Å². The first-order chi connectivity index (χ1) is 10.2. The van der Waals surface area contributed by atoms with Gasteiger partial charge in [0.25, 0.3) is 0 Å². The summed E-state index contributed by atoms with van der Waals surface area (Å²) in [6.07, 6.45) is 6.21. The normalized spacial score (nSPS) is 32.0. The lowest BCUT2D eigenvalue weighted by molar-refractivity contribution is -0.131. The van der Waals surface area contributed by atoms with E-state index in [0.717, 1.165) is 31.8 Å². The molecular weight excluding hydrogens is 258 g/mol. The van der Waals surface area contributed by atoms with E-state index in [2.05, 4.69) is 36.1 Å².